The van der Waals surface area contributed by atoms with Gasteiger partial charge in [-0.1, -0.05) is 24.3 Å². The molecule has 3 rings (SSSR count). The molecular weight excluding hydrogens is 528 g/mol. The van der Waals surface area contributed by atoms with Gasteiger partial charge in [-0.15, -0.1) is 0 Å². The molecule has 38 heavy (non-hydrogen) atoms. The molecule has 0 spiro atoms. The number of alkyl halides is 6. The normalized spacial score (nSPS) is 12.3. The van der Waals surface area contributed by atoms with E-state index in [0.717, 1.165) is 38.1 Å². The van der Waals surface area contributed by atoms with E-state index in [-0.39, 0.29) is 28.1 Å². The van der Waals surface area contributed by atoms with E-state index in [4.69, 9.17) is 0 Å². The molecule has 0 unspecified atom stereocenters. The molecule has 2 amide bonds. The highest BCUT2D eigenvalue weighted by Gasteiger charge is 2.71. The summed E-state index contributed by atoms with van der Waals surface area (Å²) in [6.45, 7) is 2.28. The number of hydrogen-bond acceptors (Lipinski definition) is 3. The molecule has 202 valence electrons. The van der Waals surface area contributed by atoms with E-state index < -0.39 is 52.5 Å². The van der Waals surface area contributed by atoms with Crippen molar-refractivity contribution in [1.82, 2.24) is 0 Å². The van der Waals surface area contributed by atoms with Crippen molar-refractivity contribution in [1.29, 1.82) is 0 Å². The van der Waals surface area contributed by atoms with Crippen molar-refractivity contribution in [3.63, 3.8) is 0 Å². The lowest BCUT2D eigenvalue weighted by Gasteiger charge is -2.33. The maximum Gasteiger partial charge on any atom is 0.430 e. The molecule has 3 N–H and O–H groups in total. The van der Waals surface area contributed by atoms with Crippen LogP contribution in [0.2, 0.25) is 0 Å². The molecule has 0 bridgehead atoms. The molecule has 0 fully saturated rings. The van der Waals surface area contributed by atoms with E-state index in [2.05, 4.69) is 10.6 Å². The van der Waals surface area contributed by atoms with Crippen molar-refractivity contribution in [3.05, 3.63) is 94.0 Å². The molecule has 3 aromatic carbocycles. The molecule has 5 nitrogen and oxygen atoms in total. The van der Waals surface area contributed by atoms with E-state index in [0.29, 0.717) is 12.1 Å². The molecule has 0 atom stereocenters. The van der Waals surface area contributed by atoms with Crippen LogP contribution in [0.15, 0.2) is 54.6 Å². The first-order valence-corrected chi connectivity index (χ1v) is 10.6. The molecule has 0 aliphatic carbocycles. The predicted octanol–water partition coefficient (Wildman–Crippen LogP) is 6.40. The Bertz CT molecular complexity index is 1340. The van der Waals surface area contributed by atoms with Crippen LogP contribution in [0.5, 0.6) is 0 Å². The van der Waals surface area contributed by atoms with Gasteiger partial charge in [-0.2, -0.15) is 26.3 Å². The number of aryl methyl sites for hydroxylation is 2. The summed E-state index contributed by atoms with van der Waals surface area (Å²) in [4.78, 5) is 25.1. The number of rotatable bonds is 5. The van der Waals surface area contributed by atoms with Crippen molar-refractivity contribution in [3.8, 4) is 0 Å². The summed E-state index contributed by atoms with van der Waals surface area (Å²) in [5.41, 5.74) is -8.14. The van der Waals surface area contributed by atoms with Gasteiger partial charge in [-0.25, -0.2) is 8.78 Å². The summed E-state index contributed by atoms with van der Waals surface area (Å²) in [6, 6.07) is 8.79. The molecule has 0 saturated carbocycles. The van der Waals surface area contributed by atoms with Crippen LogP contribution in [0.4, 0.5) is 46.5 Å². The van der Waals surface area contributed by atoms with Gasteiger partial charge >= 0.3 is 12.4 Å². The summed E-state index contributed by atoms with van der Waals surface area (Å²) < 4.78 is 107. The number of amides is 2. The van der Waals surface area contributed by atoms with Crippen LogP contribution >= 0.6 is 0 Å². The van der Waals surface area contributed by atoms with Gasteiger partial charge in [0.2, 0.25) is 0 Å². The monoisotopic (exact) mass is 546 g/mol. The van der Waals surface area contributed by atoms with Gasteiger partial charge in [0.1, 0.15) is 17.2 Å². The van der Waals surface area contributed by atoms with Crippen LogP contribution < -0.4 is 10.6 Å². The molecule has 3 aromatic rings. The van der Waals surface area contributed by atoms with Crippen LogP contribution in [0, 0.1) is 25.5 Å². The number of aliphatic hydroxyl groups is 1. The van der Waals surface area contributed by atoms with Crippen LogP contribution in [-0.4, -0.2) is 29.3 Å². The molecular formula is C25H18F8N2O3. The number of anilines is 2. The highest BCUT2D eigenvalue weighted by Crippen LogP contribution is 2.50. The van der Waals surface area contributed by atoms with Crippen molar-refractivity contribution in [2.75, 3.05) is 10.6 Å². The fourth-order valence-corrected chi connectivity index (χ4v) is 3.69. The number of benzene rings is 3. The number of carbonyl (C=O) groups excluding carboxylic acids is 2. The van der Waals surface area contributed by atoms with E-state index in [1.165, 1.54) is 18.2 Å². The standard InChI is InChI=1S/C25H18F8N2O3/c1-12-9-15(23(38,24(28,29)30)25(31,32)33)10-13(2)20(12)35-21(36)14-5-3-6-16(11-14)34-22(37)19-17(26)7-4-8-18(19)27/h3-11,38H,1-2H3,(H,34,37)(H,35,36). The van der Waals surface area contributed by atoms with Crippen molar-refractivity contribution in [2.45, 2.75) is 31.8 Å². The predicted molar refractivity (Wildman–Crippen MR) is 121 cm³/mol. The van der Waals surface area contributed by atoms with Gasteiger partial charge in [-0.05, 0) is 55.3 Å². The van der Waals surface area contributed by atoms with Crippen LogP contribution in [-0.2, 0) is 5.60 Å². The Morgan fingerprint density at radius 2 is 1.24 bits per heavy atom. The molecule has 0 aromatic heterocycles. The first-order chi connectivity index (χ1) is 17.5. The largest absolute Gasteiger partial charge is 0.430 e. The summed E-state index contributed by atoms with van der Waals surface area (Å²) in [5, 5.41) is 14.3. The molecule has 0 saturated heterocycles. The highest BCUT2D eigenvalue weighted by molar-refractivity contribution is 6.08. The fourth-order valence-electron chi connectivity index (χ4n) is 3.69. The summed E-state index contributed by atoms with van der Waals surface area (Å²) in [5.74, 6) is -4.23. The number of nitrogens with one attached hydrogen (secondary N) is 2. The summed E-state index contributed by atoms with van der Waals surface area (Å²) in [7, 11) is 0. The molecule has 0 heterocycles. The van der Waals surface area contributed by atoms with Crippen molar-refractivity contribution in [2.24, 2.45) is 0 Å². The highest BCUT2D eigenvalue weighted by atomic mass is 19.4. The number of hydrogen-bond donors (Lipinski definition) is 3. The molecule has 0 aliphatic heterocycles. The van der Waals surface area contributed by atoms with Crippen LogP contribution in [0.3, 0.4) is 0 Å². The van der Waals surface area contributed by atoms with Crippen LogP contribution in [0.25, 0.3) is 0 Å². The number of carbonyl (C=O) groups is 2. The minimum absolute atomic E-state index is 0.0329. The van der Waals surface area contributed by atoms with Gasteiger partial charge in [0.05, 0.1) is 0 Å². The van der Waals surface area contributed by atoms with Crippen molar-refractivity contribution < 1.29 is 49.8 Å². The van der Waals surface area contributed by atoms with Gasteiger partial charge < -0.3 is 15.7 Å². The third-order valence-corrected chi connectivity index (χ3v) is 5.58. The zero-order valence-corrected chi connectivity index (χ0v) is 19.5. The maximum absolute atomic E-state index is 13.9. The Balaban J connectivity index is 1.88. The fraction of sp³-hybridized carbons (Fsp3) is 0.200. The van der Waals surface area contributed by atoms with Gasteiger partial charge in [-0.3, -0.25) is 9.59 Å². The van der Waals surface area contributed by atoms with E-state index >= 15 is 0 Å². The Kier molecular flexibility index (Phi) is 7.55. The van der Waals surface area contributed by atoms with Crippen molar-refractivity contribution >= 4 is 23.2 Å². The lowest BCUT2D eigenvalue weighted by atomic mass is 9.89. The third kappa shape index (κ3) is 5.32. The quantitative estimate of drug-likeness (QED) is 0.324. The Morgan fingerprint density at radius 3 is 1.74 bits per heavy atom. The second kappa shape index (κ2) is 10.0. The molecule has 13 heteroatoms. The lowest BCUT2D eigenvalue weighted by Crippen LogP contribution is -2.54. The first kappa shape index (κ1) is 28.6. The van der Waals surface area contributed by atoms with Crippen LogP contribution in [0.1, 0.15) is 37.4 Å². The van der Waals surface area contributed by atoms with Gasteiger partial charge in [0, 0.05) is 22.5 Å². The summed E-state index contributed by atoms with van der Waals surface area (Å²) >= 11 is 0. The summed E-state index contributed by atoms with van der Waals surface area (Å²) in [6.07, 6.45) is -12.2. The molecule has 0 aliphatic rings. The smallest absolute Gasteiger partial charge is 0.369 e. The van der Waals surface area contributed by atoms with E-state index in [1.807, 2.05) is 0 Å². The zero-order chi connectivity index (χ0) is 28.6. The third-order valence-electron chi connectivity index (χ3n) is 5.58. The Labute approximate surface area is 210 Å². The first-order valence-electron chi connectivity index (χ1n) is 10.6. The topological polar surface area (TPSA) is 78.4 Å². The minimum Gasteiger partial charge on any atom is -0.369 e. The number of halogens is 8. The van der Waals surface area contributed by atoms with Gasteiger partial charge in [0.15, 0.2) is 0 Å². The average molecular weight is 546 g/mol. The Morgan fingerprint density at radius 1 is 0.737 bits per heavy atom. The minimum atomic E-state index is -6.08. The van der Waals surface area contributed by atoms with E-state index in [1.54, 1.807) is 0 Å². The molecule has 0 radical (unpaired) electrons. The van der Waals surface area contributed by atoms with E-state index in [9.17, 15) is 49.8 Å². The maximum atomic E-state index is 13.9. The SMILES string of the molecule is Cc1cc(C(O)(C(F)(F)F)C(F)(F)F)cc(C)c1NC(=O)c1cccc(NC(=O)c2c(F)cccc2F)c1. The Hall–Kier alpha value is -4.00. The second-order valence-corrected chi connectivity index (χ2v) is 8.28. The zero-order valence-electron chi connectivity index (χ0n) is 19.5. The van der Waals surface area contributed by atoms with Gasteiger partial charge in [0.25, 0.3) is 17.4 Å². The second-order valence-electron chi connectivity index (χ2n) is 8.28. The average Bonchev–Trinajstić information content (AvgIpc) is 2.79. The lowest BCUT2D eigenvalue weighted by molar-refractivity contribution is -0.376.